The summed E-state index contributed by atoms with van der Waals surface area (Å²) in [5.74, 6) is 0.623. The molecule has 0 unspecified atom stereocenters. The summed E-state index contributed by atoms with van der Waals surface area (Å²) in [6.45, 7) is 0. The minimum absolute atomic E-state index is 0.0286. The van der Waals surface area contributed by atoms with Crippen LogP contribution in [0.1, 0.15) is 17.1 Å². The van der Waals surface area contributed by atoms with Crippen LogP contribution >= 0.6 is 34.8 Å². The summed E-state index contributed by atoms with van der Waals surface area (Å²) in [5, 5.41) is 0. The van der Waals surface area contributed by atoms with Crippen molar-refractivity contribution in [3.63, 3.8) is 0 Å². The first-order valence-electron chi connectivity index (χ1n) is 4.89. The smallest absolute Gasteiger partial charge is 0.336 e. The van der Waals surface area contributed by atoms with Crippen LogP contribution in [0.4, 0.5) is 0 Å². The van der Waals surface area contributed by atoms with Gasteiger partial charge in [-0.3, -0.25) is 0 Å². The van der Waals surface area contributed by atoms with Crippen LogP contribution in [0.15, 0.2) is 44.2 Å². The Morgan fingerprint density at radius 1 is 1.17 bits per heavy atom. The molecule has 0 radical (unpaired) electrons. The SMILES string of the molecule is O=c1cc(/C=C/c2ccco2)cc(C(Cl)(Cl)Cl)o1. The highest BCUT2D eigenvalue weighted by Crippen LogP contribution is 2.37. The van der Waals surface area contributed by atoms with E-state index in [-0.39, 0.29) is 5.76 Å². The highest BCUT2D eigenvalue weighted by molar-refractivity contribution is 6.66. The second-order valence-electron chi connectivity index (χ2n) is 3.42. The maximum Gasteiger partial charge on any atom is 0.336 e. The Morgan fingerprint density at radius 2 is 1.94 bits per heavy atom. The molecule has 0 saturated carbocycles. The Kier molecular flexibility index (Phi) is 3.85. The lowest BCUT2D eigenvalue weighted by atomic mass is 10.2. The zero-order chi connectivity index (χ0) is 13.2. The third-order valence-corrected chi connectivity index (χ3v) is 2.61. The van der Waals surface area contributed by atoms with Crippen molar-refractivity contribution in [1.29, 1.82) is 0 Å². The summed E-state index contributed by atoms with van der Waals surface area (Å²) in [7, 11) is 0. The van der Waals surface area contributed by atoms with E-state index < -0.39 is 9.42 Å². The molecule has 6 heteroatoms. The Bertz CT molecular complexity index is 606. The summed E-state index contributed by atoms with van der Waals surface area (Å²) in [6, 6.07) is 6.30. The van der Waals surface area contributed by atoms with Crippen molar-refractivity contribution in [2.45, 2.75) is 3.79 Å². The van der Waals surface area contributed by atoms with Crippen molar-refractivity contribution in [2.24, 2.45) is 0 Å². The van der Waals surface area contributed by atoms with Crippen LogP contribution in [-0.4, -0.2) is 0 Å². The molecule has 0 N–H and O–H groups in total. The molecule has 0 spiro atoms. The lowest BCUT2D eigenvalue weighted by Gasteiger charge is -2.08. The molecule has 3 nitrogen and oxygen atoms in total. The lowest BCUT2D eigenvalue weighted by molar-refractivity contribution is 0.465. The van der Waals surface area contributed by atoms with Crippen molar-refractivity contribution in [2.75, 3.05) is 0 Å². The van der Waals surface area contributed by atoms with Gasteiger partial charge in [-0.25, -0.2) is 4.79 Å². The number of furan rings is 1. The van der Waals surface area contributed by atoms with Crippen LogP contribution < -0.4 is 5.63 Å². The van der Waals surface area contributed by atoms with Gasteiger partial charge in [-0.15, -0.1) is 0 Å². The molecule has 2 heterocycles. The van der Waals surface area contributed by atoms with E-state index in [9.17, 15) is 4.79 Å². The Hall–Kier alpha value is -1.16. The predicted molar refractivity (Wildman–Crippen MR) is 71.9 cm³/mol. The van der Waals surface area contributed by atoms with Gasteiger partial charge in [0.15, 0.2) is 5.76 Å². The van der Waals surface area contributed by atoms with E-state index >= 15 is 0 Å². The summed E-state index contributed by atoms with van der Waals surface area (Å²) >= 11 is 17.0. The fraction of sp³-hybridized carbons (Fsp3) is 0.0833. The monoisotopic (exact) mass is 304 g/mol. The van der Waals surface area contributed by atoms with Gasteiger partial charge >= 0.3 is 5.63 Å². The molecule has 0 aliphatic heterocycles. The Morgan fingerprint density at radius 3 is 2.56 bits per heavy atom. The summed E-state index contributed by atoms with van der Waals surface area (Å²) < 4.78 is 8.16. The van der Waals surface area contributed by atoms with Crippen LogP contribution in [0, 0.1) is 0 Å². The number of alkyl halides is 3. The van der Waals surface area contributed by atoms with E-state index in [4.69, 9.17) is 43.6 Å². The Labute approximate surface area is 118 Å². The maximum absolute atomic E-state index is 11.3. The van der Waals surface area contributed by atoms with Crippen molar-refractivity contribution < 1.29 is 8.83 Å². The zero-order valence-corrected chi connectivity index (χ0v) is 11.2. The first kappa shape index (κ1) is 13.3. The first-order chi connectivity index (χ1) is 8.45. The van der Waals surface area contributed by atoms with Gasteiger partial charge in [-0.05, 0) is 29.8 Å². The van der Waals surface area contributed by atoms with E-state index in [1.54, 1.807) is 30.5 Å². The fourth-order valence-corrected chi connectivity index (χ4v) is 1.58. The average molecular weight is 306 g/mol. The maximum atomic E-state index is 11.3. The van der Waals surface area contributed by atoms with Crippen molar-refractivity contribution in [3.8, 4) is 0 Å². The van der Waals surface area contributed by atoms with Crippen LogP contribution in [0.2, 0.25) is 0 Å². The van der Waals surface area contributed by atoms with Crippen LogP contribution in [0.3, 0.4) is 0 Å². The van der Waals surface area contributed by atoms with Gasteiger partial charge in [0.2, 0.25) is 3.79 Å². The van der Waals surface area contributed by atoms with Gasteiger partial charge in [-0.2, -0.15) is 0 Å². The van der Waals surface area contributed by atoms with E-state index in [1.165, 1.54) is 12.1 Å². The molecule has 0 atom stereocenters. The predicted octanol–water partition coefficient (Wildman–Crippen LogP) is 4.23. The van der Waals surface area contributed by atoms with Gasteiger partial charge in [0, 0.05) is 6.07 Å². The standard InChI is InChI=1S/C12H7Cl3O3/c13-12(14,15)10-6-8(7-11(16)18-10)3-4-9-2-1-5-17-9/h1-7H/b4-3+. The third-order valence-electron chi connectivity index (χ3n) is 2.06. The number of halogens is 3. The van der Waals surface area contributed by atoms with Gasteiger partial charge in [0.25, 0.3) is 0 Å². The van der Waals surface area contributed by atoms with Crippen molar-refractivity contribution in [1.82, 2.24) is 0 Å². The molecule has 2 aromatic heterocycles. The van der Waals surface area contributed by atoms with Crippen molar-refractivity contribution >= 4 is 47.0 Å². The highest BCUT2D eigenvalue weighted by atomic mass is 35.6. The molecule has 18 heavy (non-hydrogen) atoms. The second kappa shape index (κ2) is 5.22. The van der Waals surface area contributed by atoms with Gasteiger partial charge in [-0.1, -0.05) is 40.9 Å². The normalized spacial score (nSPS) is 12.2. The molecular formula is C12H7Cl3O3. The third kappa shape index (κ3) is 3.42. The van der Waals surface area contributed by atoms with Gasteiger partial charge < -0.3 is 8.83 Å². The lowest BCUT2D eigenvalue weighted by Crippen LogP contribution is -2.07. The van der Waals surface area contributed by atoms with E-state index in [0.717, 1.165) is 0 Å². The van der Waals surface area contributed by atoms with Gasteiger partial charge in [0.1, 0.15) is 5.76 Å². The first-order valence-corrected chi connectivity index (χ1v) is 6.02. The average Bonchev–Trinajstić information content (AvgIpc) is 2.77. The van der Waals surface area contributed by atoms with Crippen LogP contribution in [0.25, 0.3) is 12.2 Å². The summed E-state index contributed by atoms with van der Waals surface area (Å²) in [4.78, 5) is 11.3. The highest BCUT2D eigenvalue weighted by Gasteiger charge is 2.26. The topological polar surface area (TPSA) is 43.4 Å². The molecule has 0 aliphatic carbocycles. The quantitative estimate of drug-likeness (QED) is 0.780. The molecule has 94 valence electrons. The molecular weight excluding hydrogens is 298 g/mol. The molecule has 0 aliphatic rings. The summed E-state index contributed by atoms with van der Waals surface area (Å²) in [5.41, 5.74) is -0.0260. The summed E-state index contributed by atoms with van der Waals surface area (Å²) in [6.07, 6.45) is 4.90. The minimum Gasteiger partial charge on any atom is -0.465 e. The van der Waals surface area contributed by atoms with E-state index in [1.807, 2.05) is 0 Å². The molecule has 0 saturated heterocycles. The second-order valence-corrected chi connectivity index (χ2v) is 5.70. The number of rotatable bonds is 2. The number of hydrogen-bond acceptors (Lipinski definition) is 3. The Balaban J connectivity index is 2.35. The molecule has 0 aromatic carbocycles. The van der Waals surface area contributed by atoms with E-state index in [2.05, 4.69) is 0 Å². The molecule has 0 fully saturated rings. The molecule has 0 amide bonds. The molecule has 2 aromatic rings. The minimum atomic E-state index is -1.77. The van der Waals surface area contributed by atoms with Crippen molar-refractivity contribution in [3.05, 3.63) is 58.0 Å². The fourth-order valence-electron chi connectivity index (χ4n) is 1.30. The van der Waals surface area contributed by atoms with Gasteiger partial charge in [0.05, 0.1) is 6.26 Å². The van der Waals surface area contributed by atoms with E-state index in [0.29, 0.717) is 11.3 Å². The largest absolute Gasteiger partial charge is 0.465 e. The van der Waals surface area contributed by atoms with Crippen LogP contribution in [0.5, 0.6) is 0 Å². The number of hydrogen-bond donors (Lipinski definition) is 0. The van der Waals surface area contributed by atoms with Crippen LogP contribution in [-0.2, 0) is 3.79 Å². The zero-order valence-electron chi connectivity index (χ0n) is 8.90. The molecule has 0 bridgehead atoms. The molecule has 2 rings (SSSR count).